The highest BCUT2D eigenvalue weighted by molar-refractivity contribution is 7.94. The van der Waals surface area contributed by atoms with Gasteiger partial charge in [-0.15, -0.1) is 11.3 Å². The Morgan fingerprint density at radius 3 is 2.35 bits per heavy atom. The molecule has 3 N–H and O–H groups in total. The molecule has 2 rings (SSSR count). The van der Waals surface area contributed by atoms with Crippen LogP contribution in [0.3, 0.4) is 0 Å². The lowest BCUT2D eigenvalue weighted by Gasteiger charge is -2.09. The van der Waals surface area contributed by atoms with Gasteiger partial charge in [0.15, 0.2) is 0 Å². The Hall–Kier alpha value is -1.37. The van der Waals surface area contributed by atoms with Gasteiger partial charge >= 0.3 is 0 Å². The van der Waals surface area contributed by atoms with Gasteiger partial charge < -0.3 is 5.73 Å². The van der Waals surface area contributed by atoms with Gasteiger partial charge in [0.2, 0.25) is 0 Å². The molecule has 1 unspecified atom stereocenters. The molecule has 0 aliphatic rings. The SMILES string of the molecule is CCc1ccc(S(=O)(=O)Nc2ccc(C(C)N)cc2)s1. The molecule has 0 amide bonds. The summed E-state index contributed by atoms with van der Waals surface area (Å²) in [6, 6.07) is 10.5. The summed E-state index contributed by atoms with van der Waals surface area (Å²) in [5.74, 6) is 0. The van der Waals surface area contributed by atoms with E-state index in [4.69, 9.17) is 5.73 Å². The van der Waals surface area contributed by atoms with Crippen molar-refractivity contribution in [3.05, 3.63) is 46.8 Å². The van der Waals surface area contributed by atoms with Crippen LogP contribution in [0.4, 0.5) is 5.69 Å². The fourth-order valence-corrected chi connectivity index (χ4v) is 4.11. The van der Waals surface area contributed by atoms with E-state index in [1.54, 1.807) is 18.2 Å². The van der Waals surface area contributed by atoms with Gasteiger partial charge in [0.1, 0.15) is 4.21 Å². The molecule has 0 saturated carbocycles. The summed E-state index contributed by atoms with van der Waals surface area (Å²) < 4.78 is 27.4. The molecule has 0 aliphatic carbocycles. The molecule has 0 spiro atoms. The van der Waals surface area contributed by atoms with E-state index in [-0.39, 0.29) is 6.04 Å². The summed E-state index contributed by atoms with van der Waals surface area (Å²) in [7, 11) is -3.50. The molecule has 0 bridgehead atoms. The molecule has 1 atom stereocenters. The molecule has 0 radical (unpaired) electrons. The lowest BCUT2D eigenvalue weighted by molar-refractivity contribution is 0.603. The first-order valence-corrected chi connectivity index (χ1v) is 8.69. The third kappa shape index (κ3) is 3.39. The van der Waals surface area contributed by atoms with Gasteiger partial charge in [0.05, 0.1) is 0 Å². The van der Waals surface area contributed by atoms with Crippen LogP contribution in [0.25, 0.3) is 0 Å². The van der Waals surface area contributed by atoms with Crippen LogP contribution in [-0.4, -0.2) is 8.42 Å². The molecule has 6 heteroatoms. The third-order valence-corrected chi connectivity index (χ3v) is 6.04. The van der Waals surface area contributed by atoms with Gasteiger partial charge in [0, 0.05) is 16.6 Å². The van der Waals surface area contributed by atoms with Crippen LogP contribution in [0.5, 0.6) is 0 Å². The molecule has 1 heterocycles. The van der Waals surface area contributed by atoms with Crippen LogP contribution in [-0.2, 0) is 16.4 Å². The van der Waals surface area contributed by atoms with Crippen LogP contribution in [0.15, 0.2) is 40.6 Å². The van der Waals surface area contributed by atoms with Crippen molar-refractivity contribution in [2.24, 2.45) is 5.73 Å². The van der Waals surface area contributed by atoms with Crippen molar-refractivity contribution in [1.82, 2.24) is 0 Å². The molecule has 0 aliphatic heterocycles. The summed E-state index contributed by atoms with van der Waals surface area (Å²) in [4.78, 5) is 1.05. The quantitative estimate of drug-likeness (QED) is 0.891. The number of sulfonamides is 1. The maximum atomic E-state index is 12.2. The third-order valence-electron chi connectivity index (χ3n) is 2.94. The van der Waals surface area contributed by atoms with Gasteiger partial charge in [0.25, 0.3) is 10.0 Å². The zero-order valence-corrected chi connectivity index (χ0v) is 13.1. The summed E-state index contributed by atoms with van der Waals surface area (Å²) >= 11 is 1.30. The van der Waals surface area contributed by atoms with Crippen molar-refractivity contribution in [3.63, 3.8) is 0 Å². The first kappa shape index (κ1) is 15.0. The molecule has 1 aromatic carbocycles. The van der Waals surface area contributed by atoms with E-state index >= 15 is 0 Å². The van der Waals surface area contributed by atoms with E-state index in [1.807, 2.05) is 32.0 Å². The molecule has 20 heavy (non-hydrogen) atoms. The van der Waals surface area contributed by atoms with Crippen molar-refractivity contribution in [3.8, 4) is 0 Å². The van der Waals surface area contributed by atoms with Gasteiger partial charge in [-0.05, 0) is 43.2 Å². The number of aryl methyl sites for hydroxylation is 1. The fourth-order valence-electron chi connectivity index (χ4n) is 1.75. The highest BCUT2D eigenvalue weighted by Gasteiger charge is 2.16. The minimum Gasteiger partial charge on any atom is -0.324 e. The van der Waals surface area contributed by atoms with Crippen LogP contribution in [0.2, 0.25) is 0 Å². The zero-order chi connectivity index (χ0) is 14.8. The number of hydrogen-bond acceptors (Lipinski definition) is 4. The van der Waals surface area contributed by atoms with Crippen molar-refractivity contribution >= 4 is 27.0 Å². The Balaban J connectivity index is 2.19. The van der Waals surface area contributed by atoms with Crippen molar-refractivity contribution in [2.75, 3.05) is 4.72 Å². The predicted molar refractivity (Wildman–Crippen MR) is 83.5 cm³/mol. The second kappa shape index (κ2) is 5.95. The number of benzene rings is 1. The lowest BCUT2D eigenvalue weighted by Crippen LogP contribution is -2.11. The summed E-state index contributed by atoms with van der Waals surface area (Å²) in [5.41, 5.74) is 7.28. The summed E-state index contributed by atoms with van der Waals surface area (Å²) in [6.45, 7) is 3.89. The molecular formula is C14H18N2O2S2. The number of nitrogens with one attached hydrogen (secondary N) is 1. The van der Waals surface area contributed by atoms with E-state index in [9.17, 15) is 8.42 Å². The number of hydrogen-bond donors (Lipinski definition) is 2. The largest absolute Gasteiger partial charge is 0.324 e. The van der Waals surface area contributed by atoms with Gasteiger partial charge in [-0.3, -0.25) is 4.72 Å². The molecular weight excluding hydrogens is 292 g/mol. The zero-order valence-electron chi connectivity index (χ0n) is 11.5. The molecule has 1 aromatic heterocycles. The van der Waals surface area contributed by atoms with E-state index in [2.05, 4.69) is 4.72 Å². The monoisotopic (exact) mass is 310 g/mol. The molecule has 0 saturated heterocycles. The number of thiophene rings is 1. The van der Waals surface area contributed by atoms with E-state index in [0.29, 0.717) is 9.90 Å². The second-order valence-electron chi connectivity index (χ2n) is 4.59. The van der Waals surface area contributed by atoms with Gasteiger partial charge in [-0.2, -0.15) is 0 Å². The van der Waals surface area contributed by atoms with Gasteiger partial charge in [-0.25, -0.2) is 8.42 Å². The van der Waals surface area contributed by atoms with Crippen molar-refractivity contribution < 1.29 is 8.42 Å². The average molecular weight is 310 g/mol. The molecule has 0 fully saturated rings. The smallest absolute Gasteiger partial charge is 0.271 e. The van der Waals surface area contributed by atoms with Crippen LogP contribution in [0.1, 0.15) is 30.3 Å². The Morgan fingerprint density at radius 1 is 1.20 bits per heavy atom. The van der Waals surface area contributed by atoms with Gasteiger partial charge in [-0.1, -0.05) is 19.1 Å². The Kier molecular flexibility index (Phi) is 4.47. The topological polar surface area (TPSA) is 72.2 Å². The minimum atomic E-state index is -3.50. The molecule has 108 valence electrons. The standard InChI is InChI=1S/C14H18N2O2S2/c1-3-13-8-9-14(19-13)20(17,18)16-12-6-4-11(5-7-12)10(2)15/h4-10,16H,3,15H2,1-2H3. The number of anilines is 1. The Labute approximate surface area is 123 Å². The average Bonchev–Trinajstić information content (AvgIpc) is 2.88. The molecule has 2 aromatic rings. The maximum Gasteiger partial charge on any atom is 0.271 e. The van der Waals surface area contributed by atoms with E-state index in [0.717, 1.165) is 16.9 Å². The highest BCUT2D eigenvalue weighted by atomic mass is 32.2. The van der Waals surface area contributed by atoms with Crippen molar-refractivity contribution in [1.29, 1.82) is 0 Å². The van der Waals surface area contributed by atoms with E-state index < -0.39 is 10.0 Å². The first-order chi connectivity index (χ1) is 9.42. The molecule has 4 nitrogen and oxygen atoms in total. The van der Waals surface area contributed by atoms with E-state index in [1.165, 1.54) is 11.3 Å². The second-order valence-corrected chi connectivity index (χ2v) is 7.67. The highest BCUT2D eigenvalue weighted by Crippen LogP contribution is 2.24. The maximum absolute atomic E-state index is 12.2. The van der Waals surface area contributed by atoms with Crippen LogP contribution < -0.4 is 10.5 Å². The number of nitrogens with two attached hydrogens (primary N) is 1. The van der Waals surface area contributed by atoms with Crippen LogP contribution in [0, 0.1) is 0 Å². The predicted octanol–water partition coefficient (Wildman–Crippen LogP) is 3.13. The fraction of sp³-hybridized carbons (Fsp3) is 0.286. The van der Waals surface area contributed by atoms with Crippen LogP contribution >= 0.6 is 11.3 Å². The summed E-state index contributed by atoms with van der Waals surface area (Å²) in [5, 5.41) is 0. The minimum absolute atomic E-state index is 0.0648. The summed E-state index contributed by atoms with van der Waals surface area (Å²) in [6.07, 6.45) is 0.837. The Bertz CT molecular complexity index is 673. The number of rotatable bonds is 5. The lowest BCUT2D eigenvalue weighted by atomic mass is 10.1. The normalized spacial score (nSPS) is 13.2. The first-order valence-electron chi connectivity index (χ1n) is 6.39. The van der Waals surface area contributed by atoms with Crippen molar-refractivity contribution in [2.45, 2.75) is 30.5 Å². The Morgan fingerprint density at radius 2 is 1.85 bits per heavy atom.